The number of likely N-dealkylation sites (tertiary alicyclic amines) is 1. The number of urea groups is 1. The first kappa shape index (κ1) is 29.4. The lowest BCUT2D eigenvalue weighted by atomic mass is 9.89. The van der Waals surface area contributed by atoms with Crippen molar-refractivity contribution in [1.82, 2.24) is 20.1 Å². The summed E-state index contributed by atoms with van der Waals surface area (Å²) in [7, 11) is 4.15. The number of aryl methyl sites for hydroxylation is 1. The molecule has 3 aromatic carbocycles. The Kier molecular flexibility index (Phi) is 9.59. The number of carbonyl (C=O) groups is 2. The average Bonchev–Trinajstić information content (AvgIpc) is 3.44. The molecular formula is C35H43N5O2. The number of nitrogens with one attached hydrogen (secondary N) is 3. The van der Waals surface area contributed by atoms with E-state index in [1.807, 2.05) is 60.5 Å². The van der Waals surface area contributed by atoms with Gasteiger partial charge in [0.15, 0.2) is 0 Å². The van der Waals surface area contributed by atoms with E-state index in [0.717, 1.165) is 54.4 Å². The van der Waals surface area contributed by atoms with Crippen LogP contribution in [0.5, 0.6) is 0 Å². The van der Waals surface area contributed by atoms with E-state index in [0.29, 0.717) is 19.0 Å². The normalized spacial score (nSPS) is 15.5. The van der Waals surface area contributed by atoms with E-state index in [9.17, 15) is 9.59 Å². The monoisotopic (exact) mass is 565 g/mol. The molecule has 0 saturated carbocycles. The minimum atomic E-state index is -0.749. The number of aromatic nitrogens is 1. The minimum absolute atomic E-state index is 0.189. The first-order valence-electron chi connectivity index (χ1n) is 15.1. The second-order valence-electron chi connectivity index (χ2n) is 11.8. The molecule has 7 nitrogen and oxygen atoms in total. The lowest BCUT2D eigenvalue weighted by Crippen LogP contribution is -2.53. The van der Waals surface area contributed by atoms with Crippen LogP contribution in [0.3, 0.4) is 0 Å². The third kappa shape index (κ3) is 7.21. The van der Waals surface area contributed by atoms with E-state index in [-0.39, 0.29) is 17.9 Å². The van der Waals surface area contributed by atoms with E-state index in [1.54, 1.807) is 0 Å². The molecule has 2 unspecified atom stereocenters. The van der Waals surface area contributed by atoms with Gasteiger partial charge in [-0.2, -0.15) is 0 Å². The lowest BCUT2D eigenvalue weighted by molar-refractivity contribution is -0.118. The van der Waals surface area contributed by atoms with Gasteiger partial charge in [-0.15, -0.1) is 0 Å². The quantitative estimate of drug-likeness (QED) is 0.209. The Balaban J connectivity index is 1.31. The fourth-order valence-electron chi connectivity index (χ4n) is 6.06. The molecule has 3 amide bonds. The molecular weight excluding hydrogens is 522 g/mol. The van der Waals surface area contributed by atoms with Crippen LogP contribution in [0.25, 0.3) is 10.9 Å². The number of amides is 3. The van der Waals surface area contributed by atoms with Gasteiger partial charge in [-0.25, -0.2) is 4.79 Å². The second-order valence-corrected chi connectivity index (χ2v) is 11.8. The number of fused-ring (bicyclic) bond motifs is 1. The first-order valence-corrected chi connectivity index (χ1v) is 15.1. The van der Waals surface area contributed by atoms with Crippen LogP contribution >= 0.6 is 0 Å². The summed E-state index contributed by atoms with van der Waals surface area (Å²) in [5, 5.41) is 7.31. The molecule has 5 rings (SSSR count). The number of benzene rings is 3. The molecule has 2 heterocycles. The summed E-state index contributed by atoms with van der Waals surface area (Å²) in [4.78, 5) is 34.8. The standard InChI is InChI=1S/C35H43N5O2/c1-25(31-24-36-32-17-8-7-16-30(31)32)33(34(41)37-29-15-9-11-26(23-29)12-10-20-39(2)3)38-35(42)40-21-18-28(19-22-40)27-13-5-4-6-14-27/h4-9,11,13-17,23-25,28,33,36H,10,12,18-22H2,1-3H3,(H,37,41)(H,38,42). The Morgan fingerprint density at radius 2 is 1.71 bits per heavy atom. The maximum absolute atomic E-state index is 13.9. The van der Waals surface area contributed by atoms with Crippen molar-refractivity contribution < 1.29 is 9.59 Å². The van der Waals surface area contributed by atoms with Crippen molar-refractivity contribution in [2.24, 2.45) is 0 Å². The van der Waals surface area contributed by atoms with E-state index in [4.69, 9.17) is 0 Å². The highest BCUT2D eigenvalue weighted by Crippen LogP contribution is 2.30. The number of para-hydroxylation sites is 1. The Morgan fingerprint density at radius 1 is 0.976 bits per heavy atom. The highest BCUT2D eigenvalue weighted by molar-refractivity contribution is 5.98. The third-order valence-corrected chi connectivity index (χ3v) is 8.49. The topological polar surface area (TPSA) is 80.5 Å². The Labute approximate surface area is 249 Å². The molecule has 2 atom stereocenters. The molecule has 7 heteroatoms. The summed E-state index contributed by atoms with van der Waals surface area (Å²) < 4.78 is 0. The number of rotatable bonds is 10. The van der Waals surface area contributed by atoms with Crippen molar-refractivity contribution in [3.63, 3.8) is 0 Å². The van der Waals surface area contributed by atoms with Crippen molar-refractivity contribution in [1.29, 1.82) is 0 Å². The molecule has 1 aliphatic heterocycles. The molecule has 0 radical (unpaired) electrons. The highest BCUT2D eigenvalue weighted by atomic mass is 16.2. The van der Waals surface area contributed by atoms with Gasteiger partial charge in [0.25, 0.3) is 0 Å². The molecule has 0 aliphatic carbocycles. The summed E-state index contributed by atoms with van der Waals surface area (Å²) in [6, 6.07) is 25.7. The molecule has 3 N–H and O–H groups in total. The number of carbonyl (C=O) groups excluding carboxylic acids is 2. The fourth-order valence-corrected chi connectivity index (χ4v) is 6.06. The van der Waals surface area contributed by atoms with Gasteiger partial charge < -0.3 is 25.4 Å². The highest BCUT2D eigenvalue weighted by Gasteiger charge is 2.32. The molecule has 4 aromatic rings. The van der Waals surface area contributed by atoms with Crippen molar-refractivity contribution in [3.8, 4) is 0 Å². The van der Waals surface area contributed by atoms with Crippen LogP contribution in [0.4, 0.5) is 10.5 Å². The van der Waals surface area contributed by atoms with Crippen LogP contribution in [-0.2, 0) is 11.2 Å². The number of aromatic amines is 1. The largest absolute Gasteiger partial charge is 0.361 e. The summed E-state index contributed by atoms with van der Waals surface area (Å²) in [5.41, 5.74) is 5.27. The smallest absolute Gasteiger partial charge is 0.318 e. The number of anilines is 1. The molecule has 0 bridgehead atoms. The number of nitrogens with zero attached hydrogens (tertiary/aromatic N) is 2. The molecule has 220 valence electrons. The van der Waals surface area contributed by atoms with E-state index < -0.39 is 6.04 Å². The van der Waals surface area contributed by atoms with Gasteiger partial charge in [0, 0.05) is 41.8 Å². The van der Waals surface area contributed by atoms with Crippen LogP contribution in [0, 0.1) is 0 Å². The van der Waals surface area contributed by atoms with Gasteiger partial charge in [-0.1, -0.05) is 67.6 Å². The number of hydrogen-bond donors (Lipinski definition) is 3. The van der Waals surface area contributed by atoms with Crippen LogP contribution in [0.2, 0.25) is 0 Å². The van der Waals surface area contributed by atoms with Crippen molar-refractivity contribution in [2.45, 2.75) is 50.5 Å². The second kappa shape index (κ2) is 13.7. The van der Waals surface area contributed by atoms with E-state index in [1.165, 1.54) is 11.1 Å². The number of hydrogen-bond acceptors (Lipinski definition) is 3. The minimum Gasteiger partial charge on any atom is -0.361 e. The Bertz CT molecular complexity index is 1470. The number of piperidine rings is 1. The molecule has 1 saturated heterocycles. The zero-order valence-electron chi connectivity index (χ0n) is 25.0. The lowest BCUT2D eigenvalue weighted by Gasteiger charge is -2.34. The van der Waals surface area contributed by atoms with Gasteiger partial charge in [0.2, 0.25) is 5.91 Å². The summed E-state index contributed by atoms with van der Waals surface area (Å²) in [5.74, 6) is -0.0227. The van der Waals surface area contributed by atoms with Gasteiger partial charge in [-0.3, -0.25) is 4.79 Å². The van der Waals surface area contributed by atoms with Crippen molar-refractivity contribution in [3.05, 3.63) is 102 Å². The average molecular weight is 566 g/mol. The molecule has 1 aromatic heterocycles. The third-order valence-electron chi connectivity index (χ3n) is 8.49. The zero-order valence-corrected chi connectivity index (χ0v) is 25.0. The van der Waals surface area contributed by atoms with Crippen molar-refractivity contribution >= 4 is 28.5 Å². The van der Waals surface area contributed by atoms with E-state index in [2.05, 4.69) is 71.0 Å². The van der Waals surface area contributed by atoms with Crippen LogP contribution < -0.4 is 10.6 Å². The van der Waals surface area contributed by atoms with Gasteiger partial charge in [0.1, 0.15) is 6.04 Å². The molecule has 1 aliphatic rings. The van der Waals surface area contributed by atoms with Crippen LogP contribution in [0.15, 0.2) is 85.1 Å². The fraction of sp³-hybridized carbons (Fsp3) is 0.371. The summed E-state index contributed by atoms with van der Waals surface area (Å²) in [6.45, 7) is 4.35. The van der Waals surface area contributed by atoms with E-state index >= 15 is 0 Å². The number of H-pyrrole nitrogens is 1. The maximum atomic E-state index is 13.9. The summed E-state index contributed by atoms with van der Waals surface area (Å²) in [6.07, 6.45) is 5.76. The van der Waals surface area contributed by atoms with Gasteiger partial charge >= 0.3 is 6.03 Å². The van der Waals surface area contributed by atoms with Crippen LogP contribution in [0.1, 0.15) is 54.7 Å². The molecule has 42 heavy (non-hydrogen) atoms. The van der Waals surface area contributed by atoms with Gasteiger partial charge in [-0.05, 0) is 87.1 Å². The predicted octanol–water partition coefficient (Wildman–Crippen LogP) is 6.36. The Morgan fingerprint density at radius 3 is 2.48 bits per heavy atom. The molecule has 1 fully saturated rings. The van der Waals surface area contributed by atoms with Crippen LogP contribution in [-0.4, -0.2) is 66.5 Å². The predicted molar refractivity (Wildman–Crippen MR) is 171 cm³/mol. The maximum Gasteiger partial charge on any atom is 0.318 e. The zero-order chi connectivity index (χ0) is 29.5. The first-order chi connectivity index (χ1) is 20.4. The molecule has 0 spiro atoms. The van der Waals surface area contributed by atoms with Crippen molar-refractivity contribution in [2.75, 3.05) is 39.0 Å². The van der Waals surface area contributed by atoms with Gasteiger partial charge in [0.05, 0.1) is 0 Å². The SMILES string of the molecule is CC(c1c[nH]c2ccccc12)C(NC(=O)N1CCC(c2ccccc2)CC1)C(=O)Nc1cccc(CCCN(C)C)c1. The summed E-state index contributed by atoms with van der Waals surface area (Å²) >= 11 is 0. The Hall–Kier alpha value is -4.10.